The van der Waals surface area contributed by atoms with Gasteiger partial charge in [0, 0.05) is 0 Å². The third kappa shape index (κ3) is 3.20. The summed E-state index contributed by atoms with van der Waals surface area (Å²) in [4.78, 5) is 0. The Bertz CT molecular complexity index is 245. The molecule has 13 heavy (non-hydrogen) atoms. The van der Waals surface area contributed by atoms with Crippen molar-refractivity contribution in [2.75, 3.05) is 6.54 Å². The van der Waals surface area contributed by atoms with Gasteiger partial charge in [-0.25, -0.2) is 0 Å². The van der Waals surface area contributed by atoms with E-state index in [-0.39, 0.29) is 6.04 Å². The van der Waals surface area contributed by atoms with E-state index in [4.69, 9.17) is 15.9 Å². The molecule has 1 aromatic heterocycles. The maximum Gasteiger partial charge on any atom is 0.120 e. The summed E-state index contributed by atoms with van der Waals surface area (Å²) >= 11 is 0. The molecular formula is C10H18N2O. The first-order valence-corrected chi connectivity index (χ1v) is 4.76. The average Bonchev–Trinajstić information content (AvgIpc) is 2.52. The van der Waals surface area contributed by atoms with E-state index >= 15 is 0 Å². The normalized spacial score (nSPS) is 13.2. The van der Waals surface area contributed by atoms with E-state index in [0.29, 0.717) is 0 Å². The number of aryl methyl sites for hydroxylation is 1. The lowest BCUT2D eigenvalue weighted by Gasteiger charge is -2.07. The van der Waals surface area contributed by atoms with Crippen LogP contribution in [0, 0.1) is 6.92 Å². The molecule has 0 aromatic carbocycles. The molecule has 3 nitrogen and oxygen atoms in total. The first kappa shape index (κ1) is 10.3. The van der Waals surface area contributed by atoms with Crippen LogP contribution in [-0.4, -0.2) is 6.54 Å². The highest BCUT2D eigenvalue weighted by molar-refractivity contribution is 5.08. The number of nitrogens with two attached hydrogens (primary N) is 2. The molecule has 0 radical (unpaired) electrons. The first-order valence-electron chi connectivity index (χ1n) is 4.76. The van der Waals surface area contributed by atoms with Crippen molar-refractivity contribution in [3.05, 3.63) is 23.7 Å². The largest absolute Gasteiger partial charge is 0.465 e. The molecule has 0 fully saturated rings. The van der Waals surface area contributed by atoms with E-state index in [0.717, 1.165) is 37.3 Å². The lowest BCUT2D eigenvalue weighted by atomic mass is 10.1. The number of hydrogen-bond donors (Lipinski definition) is 2. The predicted molar refractivity (Wildman–Crippen MR) is 53.3 cm³/mol. The highest BCUT2D eigenvalue weighted by Gasteiger charge is 2.08. The van der Waals surface area contributed by atoms with Crippen LogP contribution >= 0.6 is 0 Å². The monoisotopic (exact) mass is 182 g/mol. The van der Waals surface area contributed by atoms with Crippen LogP contribution < -0.4 is 11.5 Å². The molecule has 0 amide bonds. The van der Waals surface area contributed by atoms with Crippen LogP contribution in [0.4, 0.5) is 0 Å². The smallest absolute Gasteiger partial charge is 0.120 e. The molecule has 1 rings (SSSR count). The zero-order valence-corrected chi connectivity index (χ0v) is 8.12. The molecule has 1 atom stereocenters. The number of furan rings is 1. The third-order valence-electron chi connectivity index (χ3n) is 2.10. The lowest BCUT2D eigenvalue weighted by molar-refractivity contribution is 0.427. The summed E-state index contributed by atoms with van der Waals surface area (Å²) in [6, 6.07) is 3.92. The van der Waals surface area contributed by atoms with Gasteiger partial charge >= 0.3 is 0 Å². The topological polar surface area (TPSA) is 65.2 Å². The van der Waals surface area contributed by atoms with Gasteiger partial charge in [-0.05, 0) is 38.4 Å². The second kappa shape index (κ2) is 5.04. The maximum absolute atomic E-state index is 5.91. The van der Waals surface area contributed by atoms with Crippen LogP contribution in [0.5, 0.6) is 0 Å². The van der Waals surface area contributed by atoms with Crippen molar-refractivity contribution in [1.82, 2.24) is 0 Å². The van der Waals surface area contributed by atoms with Crippen LogP contribution in [0.25, 0.3) is 0 Å². The van der Waals surface area contributed by atoms with Gasteiger partial charge in [-0.2, -0.15) is 0 Å². The minimum atomic E-state index is 0.0280. The van der Waals surface area contributed by atoms with Gasteiger partial charge in [-0.15, -0.1) is 0 Å². The Morgan fingerprint density at radius 2 is 2.15 bits per heavy atom. The molecule has 74 valence electrons. The second-order valence-electron chi connectivity index (χ2n) is 3.34. The fourth-order valence-corrected chi connectivity index (χ4v) is 1.30. The Kier molecular flexibility index (Phi) is 3.99. The standard InChI is InChI=1S/C10H18N2O/c1-8-5-6-10(13-8)9(12)4-2-3-7-11/h5-6,9H,2-4,7,11-12H2,1H3/t9-/m1/s1. The van der Waals surface area contributed by atoms with Gasteiger partial charge in [0.15, 0.2) is 0 Å². The fourth-order valence-electron chi connectivity index (χ4n) is 1.30. The van der Waals surface area contributed by atoms with Crippen LogP contribution in [0.3, 0.4) is 0 Å². The SMILES string of the molecule is Cc1ccc([C@H](N)CCCCN)o1. The average molecular weight is 182 g/mol. The van der Waals surface area contributed by atoms with Crippen LogP contribution in [-0.2, 0) is 0 Å². The van der Waals surface area contributed by atoms with E-state index in [2.05, 4.69) is 0 Å². The molecule has 4 N–H and O–H groups in total. The van der Waals surface area contributed by atoms with Gasteiger partial charge in [0.05, 0.1) is 6.04 Å². The van der Waals surface area contributed by atoms with E-state index in [1.807, 2.05) is 19.1 Å². The Morgan fingerprint density at radius 1 is 1.38 bits per heavy atom. The molecule has 1 heterocycles. The van der Waals surface area contributed by atoms with E-state index in [1.165, 1.54) is 0 Å². The van der Waals surface area contributed by atoms with Gasteiger partial charge in [0.2, 0.25) is 0 Å². The van der Waals surface area contributed by atoms with Gasteiger partial charge in [0.25, 0.3) is 0 Å². The Balaban J connectivity index is 2.35. The summed E-state index contributed by atoms with van der Waals surface area (Å²) in [5.74, 6) is 1.80. The van der Waals surface area contributed by atoms with Crippen molar-refractivity contribution < 1.29 is 4.42 Å². The van der Waals surface area contributed by atoms with Crippen molar-refractivity contribution in [3.8, 4) is 0 Å². The maximum atomic E-state index is 5.91. The van der Waals surface area contributed by atoms with Crippen molar-refractivity contribution in [2.45, 2.75) is 32.2 Å². The van der Waals surface area contributed by atoms with Crippen LogP contribution in [0.1, 0.15) is 36.8 Å². The molecule has 0 saturated carbocycles. The quantitative estimate of drug-likeness (QED) is 0.681. The van der Waals surface area contributed by atoms with Gasteiger partial charge < -0.3 is 15.9 Å². The zero-order valence-electron chi connectivity index (χ0n) is 8.12. The lowest BCUT2D eigenvalue weighted by Crippen LogP contribution is -2.10. The van der Waals surface area contributed by atoms with Crippen molar-refractivity contribution in [3.63, 3.8) is 0 Å². The minimum absolute atomic E-state index is 0.0280. The van der Waals surface area contributed by atoms with Crippen molar-refractivity contribution in [1.29, 1.82) is 0 Å². The molecule has 0 bridgehead atoms. The summed E-state index contributed by atoms with van der Waals surface area (Å²) in [6.45, 7) is 2.67. The summed E-state index contributed by atoms with van der Waals surface area (Å²) < 4.78 is 5.42. The summed E-state index contributed by atoms with van der Waals surface area (Å²) in [5, 5.41) is 0. The molecule has 0 unspecified atom stereocenters. The molecule has 0 aliphatic carbocycles. The molecule has 1 aromatic rings. The molecule has 0 spiro atoms. The summed E-state index contributed by atoms with van der Waals surface area (Å²) in [5.41, 5.74) is 11.3. The van der Waals surface area contributed by atoms with Crippen molar-refractivity contribution in [2.24, 2.45) is 11.5 Å². The van der Waals surface area contributed by atoms with Gasteiger partial charge in [0.1, 0.15) is 11.5 Å². The number of unbranched alkanes of at least 4 members (excludes halogenated alkanes) is 1. The molecular weight excluding hydrogens is 164 g/mol. The summed E-state index contributed by atoms with van der Waals surface area (Å²) in [6.07, 6.45) is 3.05. The predicted octanol–water partition coefficient (Wildman–Crippen LogP) is 1.72. The van der Waals surface area contributed by atoms with E-state index < -0.39 is 0 Å². The molecule has 0 aliphatic heterocycles. The first-order chi connectivity index (χ1) is 6.24. The van der Waals surface area contributed by atoms with E-state index in [1.54, 1.807) is 0 Å². The van der Waals surface area contributed by atoms with E-state index in [9.17, 15) is 0 Å². The van der Waals surface area contributed by atoms with Gasteiger partial charge in [-0.1, -0.05) is 6.42 Å². The van der Waals surface area contributed by atoms with Crippen molar-refractivity contribution >= 4 is 0 Å². The zero-order chi connectivity index (χ0) is 9.68. The van der Waals surface area contributed by atoms with Crippen LogP contribution in [0.15, 0.2) is 16.5 Å². The fraction of sp³-hybridized carbons (Fsp3) is 0.600. The van der Waals surface area contributed by atoms with Gasteiger partial charge in [-0.3, -0.25) is 0 Å². The molecule has 0 aliphatic rings. The third-order valence-corrected chi connectivity index (χ3v) is 2.10. The Hall–Kier alpha value is -0.800. The molecule has 0 saturated heterocycles. The Labute approximate surface area is 79.1 Å². The van der Waals surface area contributed by atoms with Crippen LogP contribution in [0.2, 0.25) is 0 Å². The minimum Gasteiger partial charge on any atom is -0.465 e. The highest BCUT2D eigenvalue weighted by atomic mass is 16.3. The highest BCUT2D eigenvalue weighted by Crippen LogP contribution is 2.18. The Morgan fingerprint density at radius 3 is 2.69 bits per heavy atom. The number of hydrogen-bond acceptors (Lipinski definition) is 3. The number of rotatable bonds is 5. The second-order valence-corrected chi connectivity index (χ2v) is 3.34. The molecule has 3 heteroatoms. The summed E-state index contributed by atoms with van der Waals surface area (Å²) in [7, 11) is 0.